The highest BCUT2D eigenvalue weighted by Gasteiger charge is 2.23. The molecule has 0 aliphatic carbocycles. The van der Waals surface area contributed by atoms with E-state index in [0.29, 0.717) is 4.47 Å². The molecule has 2 rings (SSSR count). The second-order valence-electron chi connectivity index (χ2n) is 3.77. The van der Waals surface area contributed by atoms with E-state index in [4.69, 9.17) is 27.9 Å². The Labute approximate surface area is 139 Å². The van der Waals surface area contributed by atoms with Crippen LogP contribution >= 0.6 is 39.1 Å². The second-order valence-corrected chi connectivity index (χ2v) is 7.09. The Kier molecular flexibility index (Phi) is 4.92. The smallest absolute Gasteiger partial charge is 0.266 e. The summed E-state index contributed by atoms with van der Waals surface area (Å²) in [5, 5.41) is 7.58. The lowest BCUT2D eigenvalue weighted by atomic mass is 10.3. The molecule has 1 aromatic heterocycles. The molecule has 0 spiro atoms. The van der Waals surface area contributed by atoms with Crippen LogP contribution in [0.25, 0.3) is 0 Å². The first kappa shape index (κ1) is 16.3. The summed E-state index contributed by atoms with van der Waals surface area (Å²) in [5.41, 5.74) is 0. The minimum atomic E-state index is -3.95. The lowest BCUT2D eigenvalue weighted by Crippen LogP contribution is -2.15. The number of hydrogen-bond donors (Lipinski definition) is 1. The fraction of sp³-hybridized carbons (Fsp3) is 0.0909. The number of halogens is 3. The lowest BCUT2D eigenvalue weighted by molar-refractivity contribution is 0.400. The van der Waals surface area contributed by atoms with Crippen LogP contribution in [0, 0.1) is 0 Å². The van der Waals surface area contributed by atoms with Crippen molar-refractivity contribution in [2.24, 2.45) is 0 Å². The Hall–Kier alpha value is -1.09. The van der Waals surface area contributed by atoms with E-state index in [1.54, 1.807) is 0 Å². The first-order valence-corrected chi connectivity index (χ1v) is 8.42. The molecule has 0 aliphatic heterocycles. The molecule has 0 fully saturated rings. The Balaban J connectivity index is 2.46. The number of anilines is 1. The van der Waals surface area contributed by atoms with Gasteiger partial charge in [0.05, 0.1) is 11.6 Å². The molecule has 1 N–H and O–H groups in total. The molecule has 0 saturated heterocycles. The number of ether oxygens (including phenoxy) is 1. The van der Waals surface area contributed by atoms with Crippen molar-refractivity contribution in [1.29, 1.82) is 0 Å². The fourth-order valence-electron chi connectivity index (χ4n) is 1.50. The van der Waals surface area contributed by atoms with Gasteiger partial charge in [-0.2, -0.15) is 0 Å². The van der Waals surface area contributed by atoms with Crippen molar-refractivity contribution in [2.75, 3.05) is 11.8 Å². The van der Waals surface area contributed by atoms with Crippen molar-refractivity contribution in [3.63, 3.8) is 0 Å². The quantitative estimate of drug-likeness (QED) is 0.832. The van der Waals surface area contributed by atoms with Gasteiger partial charge in [-0.15, -0.1) is 10.2 Å². The van der Waals surface area contributed by atoms with Crippen LogP contribution in [0.2, 0.25) is 10.2 Å². The van der Waals surface area contributed by atoms with Crippen LogP contribution in [0.5, 0.6) is 5.75 Å². The van der Waals surface area contributed by atoms with Gasteiger partial charge in [-0.25, -0.2) is 8.42 Å². The number of hydrogen-bond acceptors (Lipinski definition) is 5. The third kappa shape index (κ3) is 3.76. The lowest BCUT2D eigenvalue weighted by Gasteiger charge is -2.12. The molecule has 10 heteroatoms. The van der Waals surface area contributed by atoms with Crippen LogP contribution in [0.4, 0.5) is 5.82 Å². The van der Waals surface area contributed by atoms with E-state index in [0.717, 1.165) is 0 Å². The molecule has 0 unspecified atom stereocenters. The summed E-state index contributed by atoms with van der Waals surface area (Å²) in [6.45, 7) is 0. The maximum atomic E-state index is 12.4. The predicted molar refractivity (Wildman–Crippen MR) is 83.6 cm³/mol. The van der Waals surface area contributed by atoms with E-state index in [1.807, 2.05) is 0 Å². The van der Waals surface area contributed by atoms with Crippen molar-refractivity contribution in [1.82, 2.24) is 10.2 Å². The molecule has 0 radical (unpaired) electrons. The van der Waals surface area contributed by atoms with Gasteiger partial charge in [0.15, 0.2) is 16.7 Å². The maximum absolute atomic E-state index is 12.4. The van der Waals surface area contributed by atoms with Gasteiger partial charge < -0.3 is 4.74 Å². The molecule has 0 bridgehead atoms. The van der Waals surface area contributed by atoms with E-state index in [2.05, 4.69) is 30.8 Å². The Morgan fingerprint density at radius 1 is 1.24 bits per heavy atom. The molecule has 1 aromatic carbocycles. The first-order valence-electron chi connectivity index (χ1n) is 5.38. The van der Waals surface area contributed by atoms with Gasteiger partial charge in [-0.3, -0.25) is 4.72 Å². The molecule has 21 heavy (non-hydrogen) atoms. The zero-order chi connectivity index (χ0) is 15.6. The fourth-order valence-corrected chi connectivity index (χ4v) is 3.98. The predicted octanol–water partition coefficient (Wildman–Crippen LogP) is 3.36. The third-order valence-electron chi connectivity index (χ3n) is 2.34. The zero-order valence-electron chi connectivity index (χ0n) is 10.5. The molecular formula is C11H8BrCl2N3O3S. The molecule has 6 nitrogen and oxygen atoms in total. The standard InChI is InChI=1S/C11H8BrCl2N3O3S/c1-20-11-7(12)4-6(13)5-8(11)21(18,19)17-10-3-2-9(14)15-16-10/h2-5H,1H3,(H,16,17). The molecule has 0 atom stereocenters. The zero-order valence-corrected chi connectivity index (χ0v) is 14.4. The van der Waals surface area contributed by atoms with E-state index in [1.165, 1.54) is 31.4 Å². The normalized spacial score (nSPS) is 11.2. The molecule has 0 aliphatic rings. The minimum absolute atomic E-state index is 0.0255. The highest BCUT2D eigenvalue weighted by atomic mass is 79.9. The number of sulfonamides is 1. The summed E-state index contributed by atoms with van der Waals surface area (Å²) in [7, 11) is -2.59. The van der Waals surface area contributed by atoms with Crippen molar-refractivity contribution >= 4 is 55.0 Å². The summed E-state index contributed by atoms with van der Waals surface area (Å²) < 4.78 is 32.6. The van der Waals surface area contributed by atoms with Gasteiger partial charge >= 0.3 is 0 Å². The van der Waals surface area contributed by atoms with Crippen molar-refractivity contribution in [3.8, 4) is 5.75 Å². The van der Waals surface area contributed by atoms with Crippen LogP contribution in [-0.4, -0.2) is 25.7 Å². The summed E-state index contributed by atoms with van der Waals surface area (Å²) in [6.07, 6.45) is 0. The van der Waals surface area contributed by atoms with E-state index >= 15 is 0 Å². The molecule has 2 aromatic rings. The average Bonchev–Trinajstić information content (AvgIpc) is 2.40. The molecule has 0 amide bonds. The highest BCUT2D eigenvalue weighted by Crippen LogP contribution is 2.35. The van der Waals surface area contributed by atoms with E-state index in [9.17, 15) is 8.42 Å². The van der Waals surface area contributed by atoms with Gasteiger partial charge in [0.1, 0.15) is 4.90 Å². The van der Waals surface area contributed by atoms with Gasteiger partial charge in [-0.05, 0) is 40.2 Å². The largest absolute Gasteiger partial charge is 0.494 e. The Morgan fingerprint density at radius 3 is 2.52 bits per heavy atom. The van der Waals surface area contributed by atoms with Gasteiger partial charge in [0, 0.05) is 5.02 Å². The average molecular weight is 413 g/mol. The number of nitrogens with zero attached hydrogens (tertiary/aromatic N) is 2. The Bertz CT molecular complexity index is 769. The highest BCUT2D eigenvalue weighted by molar-refractivity contribution is 9.10. The van der Waals surface area contributed by atoms with Gasteiger partial charge in [-0.1, -0.05) is 23.2 Å². The molecule has 112 valence electrons. The summed E-state index contributed by atoms with van der Waals surface area (Å²) in [5.74, 6) is 0.159. The Morgan fingerprint density at radius 2 is 1.95 bits per heavy atom. The molecule has 1 heterocycles. The third-order valence-corrected chi connectivity index (χ3v) is 4.71. The van der Waals surface area contributed by atoms with Gasteiger partial charge in [0.2, 0.25) is 0 Å². The van der Waals surface area contributed by atoms with Crippen LogP contribution in [0.15, 0.2) is 33.6 Å². The summed E-state index contributed by atoms with van der Waals surface area (Å²) in [4.78, 5) is -0.124. The molecular weight excluding hydrogens is 405 g/mol. The van der Waals surface area contributed by atoms with E-state index in [-0.39, 0.29) is 26.6 Å². The first-order chi connectivity index (χ1) is 9.83. The number of aromatic nitrogens is 2. The van der Waals surface area contributed by atoms with Crippen molar-refractivity contribution in [2.45, 2.75) is 4.90 Å². The van der Waals surface area contributed by atoms with Crippen LogP contribution in [0.1, 0.15) is 0 Å². The van der Waals surface area contributed by atoms with Crippen molar-refractivity contribution < 1.29 is 13.2 Å². The van der Waals surface area contributed by atoms with Crippen LogP contribution in [-0.2, 0) is 10.0 Å². The number of nitrogens with one attached hydrogen (secondary N) is 1. The molecule has 0 saturated carbocycles. The minimum Gasteiger partial charge on any atom is -0.494 e. The number of benzene rings is 1. The maximum Gasteiger partial charge on any atom is 0.266 e. The SMILES string of the molecule is COc1c(Br)cc(Cl)cc1S(=O)(=O)Nc1ccc(Cl)nn1. The van der Waals surface area contributed by atoms with Crippen LogP contribution < -0.4 is 9.46 Å². The number of methoxy groups -OCH3 is 1. The second kappa shape index (κ2) is 6.35. The summed E-state index contributed by atoms with van der Waals surface area (Å²) in [6, 6.07) is 5.61. The van der Waals surface area contributed by atoms with Gasteiger partial charge in [0.25, 0.3) is 10.0 Å². The topological polar surface area (TPSA) is 81.2 Å². The monoisotopic (exact) mass is 411 g/mol. The van der Waals surface area contributed by atoms with E-state index < -0.39 is 10.0 Å². The number of rotatable bonds is 4. The van der Waals surface area contributed by atoms with Crippen molar-refractivity contribution in [3.05, 3.63) is 38.9 Å². The van der Waals surface area contributed by atoms with Crippen LogP contribution in [0.3, 0.4) is 0 Å². The summed E-state index contributed by atoms with van der Waals surface area (Å²) >= 11 is 14.7.